The Kier molecular flexibility index (Phi) is 4.04. The molecule has 1 aliphatic heterocycles. The minimum absolute atomic E-state index is 0.0160. The second kappa shape index (κ2) is 4.69. The normalized spacial score (nSPS) is 27.6. The van der Waals surface area contributed by atoms with Crippen molar-refractivity contribution < 1.29 is 5.11 Å². The summed E-state index contributed by atoms with van der Waals surface area (Å²) in [5, 5.41) is 15.5. The third kappa shape index (κ3) is 3.01. The zero-order valence-corrected chi connectivity index (χ0v) is 10.3. The average molecular weight is 215 g/mol. The first-order chi connectivity index (χ1) is 6.43. The fourth-order valence-corrected chi connectivity index (χ4v) is 2.65. The SMILES string of the molecule is CC(C)CNC(C)(C)C1SC=CC1O. The zero-order chi connectivity index (χ0) is 10.8. The number of rotatable bonds is 4. The average Bonchev–Trinajstić information content (AvgIpc) is 2.48. The van der Waals surface area contributed by atoms with E-state index in [1.807, 2.05) is 11.5 Å². The van der Waals surface area contributed by atoms with E-state index >= 15 is 0 Å². The molecule has 0 aliphatic carbocycles. The number of thioether (sulfide) groups is 1. The highest BCUT2D eigenvalue weighted by molar-refractivity contribution is 8.03. The predicted octanol–water partition coefficient (Wildman–Crippen LogP) is 2.00. The molecule has 1 aliphatic rings. The monoisotopic (exact) mass is 215 g/mol. The van der Waals surface area contributed by atoms with E-state index in [4.69, 9.17) is 0 Å². The van der Waals surface area contributed by atoms with Gasteiger partial charge in [0, 0.05) is 5.54 Å². The molecule has 0 amide bonds. The lowest BCUT2D eigenvalue weighted by atomic mass is 9.95. The Morgan fingerprint density at radius 1 is 1.50 bits per heavy atom. The van der Waals surface area contributed by atoms with Gasteiger partial charge in [-0.3, -0.25) is 0 Å². The van der Waals surface area contributed by atoms with Crippen LogP contribution in [-0.4, -0.2) is 28.5 Å². The highest BCUT2D eigenvalue weighted by Gasteiger charge is 2.35. The lowest BCUT2D eigenvalue weighted by Crippen LogP contribution is -2.52. The van der Waals surface area contributed by atoms with Gasteiger partial charge in [0.1, 0.15) is 0 Å². The van der Waals surface area contributed by atoms with Gasteiger partial charge in [-0.25, -0.2) is 0 Å². The first kappa shape index (κ1) is 12.1. The van der Waals surface area contributed by atoms with Gasteiger partial charge in [-0.1, -0.05) is 13.8 Å². The van der Waals surface area contributed by atoms with E-state index in [0.29, 0.717) is 5.92 Å². The molecule has 3 heteroatoms. The van der Waals surface area contributed by atoms with Crippen LogP contribution < -0.4 is 5.32 Å². The topological polar surface area (TPSA) is 32.3 Å². The maximum atomic E-state index is 9.74. The van der Waals surface area contributed by atoms with Gasteiger partial charge in [0.2, 0.25) is 0 Å². The Labute approximate surface area is 91.2 Å². The maximum Gasteiger partial charge on any atom is 0.0868 e. The van der Waals surface area contributed by atoms with Crippen molar-refractivity contribution in [3.8, 4) is 0 Å². The van der Waals surface area contributed by atoms with Gasteiger partial charge in [-0.15, -0.1) is 11.8 Å². The van der Waals surface area contributed by atoms with Crippen molar-refractivity contribution in [1.29, 1.82) is 0 Å². The van der Waals surface area contributed by atoms with Crippen LogP contribution in [0.3, 0.4) is 0 Å². The van der Waals surface area contributed by atoms with Crippen molar-refractivity contribution in [3.05, 3.63) is 11.5 Å². The summed E-state index contributed by atoms with van der Waals surface area (Å²) in [7, 11) is 0. The minimum Gasteiger partial charge on any atom is -0.388 e. The van der Waals surface area contributed by atoms with E-state index in [2.05, 4.69) is 33.0 Å². The molecule has 2 nitrogen and oxygen atoms in total. The molecule has 0 saturated heterocycles. The maximum absolute atomic E-state index is 9.74. The molecule has 0 saturated carbocycles. The second-order valence-electron chi connectivity index (χ2n) is 4.87. The molecule has 0 spiro atoms. The lowest BCUT2D eigenvalue weighted by molar-refractivity contribution is 0.179. The van der Waals surface area contributed by atoms with Crippen LogP contribution in [0.2, 0.25) is 0 Å². The van der Waals surface area contributed by atoms with Crippen molar-refractivity contribution in [2.45, 2.75) is 44.6 Å². The van der Waals surface area contributed by atoms with Crippen LogP contribution in [0.15, 0.2) is 11.5 Å². The Morgan fingerprint density at radius 3 is 2.57 bits per heavy atom. The van der Waals surface area contributed by atoms with Gasteiger partial charge in [0.15, 0.2) is 0 Å². The van der Waals surface area contributed by atoms with Crippen molar-refractivity contribution in [1.82, 2.24) is 5.32 Å². The summed E-state index contributed by atoms with van der Waals surface area (Å²) in [5.74, 6) is 0.644. The first-order valence-corrected chi connectivity index (χ1v) is 6.13. The number of hydrogen-bond donors (Lipinski definition) is 2. The molecule has 1 heterocycles. The summed E-state index contributed by atoms with van der Waals surface area (Å²) in [6.45, 7) is 9.70. The molecule has 0 aromatic carbocycles. The molecule has 0 aromatic rings. The van der Waals surface area contributed by atoms with Crippen LogP contribution in [0.5, 0.6) is 0 Å². The lowest BCUT2D eigenvalue weighted by Gasteiger charge is -2.34. The highest BCUT2D eigenvalue weighted by atomic mass is 32.2. The molecule has 0 radical (unpaired) electrons. The van der Waals surface area contributed by atoms with Gasteiger partial charge in [0.05, 0.1) is 11.4 Å². The summed E-state index contributed by atoms with van der Waals surface area (Å²) in [6, 6.07) is 0. The molecule has 14 heavy (non-hydrogen) atoms. The van der Waals surface area contributed by atoms with Crippen LogP contribution in [0, 0.1) is 5.92 Å². The van der Waals surface area contributed by atoms with Crippen molar-refractivity contribution in [3.63, 3.8) is 0 Å². The molecular weight excluding hydrogens is 194 g/mol. The molecular formula is C11H21NOS. The zero-order valence-electron chi connectivity index (χ0n) is 9.45. The quantitative estimate of drug-likeness (QED) is 0.752. The molecule has 2 N–H and O–H groups in total. The van der Waals surface area contributed by atoms with Gasteiger partial charge >= 0.3 is 0 Å². The minimum atomic E-state index is -0.310. The third-order valence-electron chi connectivity index (χ3n) is 2.49. The van der Waals surface area contributed by atoms with E-state index in [9.17, 15) is 5.11 Å². The van der Waals surface area contributed by atoms with Crippen molar-refractivity contribution >= 4 is 11.8 Å². The molecule has 0 aromatic heterocycles. The van der Waals surface area contributed by atoms with Gasteiger partial charge < -0.3 is 10.4 Å². The molecule has 2 unspecified atom stereocenters. The second-order valence-corrected chi connectivity index (χ2v) is 5.92. The summed E-state index contributed by atoms with van der Waals surface area (Å²) in [4.78, 5) is 0. The Hall–Kier alpha value is 0.01000. The van der Waals surface area contributed by atoms with Crippen molar-refractivity contribution in [2.24, 2.45) is 5.92 Å². The summed E-state index contributed by atoms with van der Waals surface area (Å²) >= 11 is 1.72. The fraction of sp³-hybridized carbons (Fsp3) is 0.818. The molecule has 0 fully saturated rings. The Bertz CT molecular complexity index is 213. The fourth-order valence-electron chi connectivity index (χ4n) is 1.56. The van der Waals surface area contributed by atoms with Gasteiger partial charge in [0.25, 0.3) is 0 Å². The van der Waals surface area contributed by atoms with Gasteiger partial charge in [-0.05, 0) is 37.8 Å². The summed E-state index contributed by atoms with van der Waals surface area (Å²) in [5.41, 5.74) is -0.0160. The number of aliphatic hydroxyl groups excluding tert-OH is 1. The van der Waals surface area contributed by atoms with E-state index < -0.39 is 0 Å². The first-order valence-electron chi connectivity index (χ1n) is 5.18. The van der Waals surface area contributed by atoms with E-state index in [1.54, 1.807) is 11.8 Å². The number of nitrogens with one attached hydrogen (secondary N) is 1. The van der Waals surface area contributed by atoms with Crippen molar-refractivity contribution in [2.75, 3.05) is 6.54 Å². The third-order valence-corrected chi connectivity index (χ3v) is 3.96. The number of aliphatic hydroxyl groups is 1. The van der Waals surface area contributed by atoms with E-state index in [1.165, 1.54) is 0 Å². The predicted molar refractivity (Wildman–Crippen MR) is 63.4 cm³/mol. The van der Waals surface area contributed by atoms with Crippen LogP contribution in [0.1, 0.15) is 27.7 Å². The van der Waals surface area contributed by atoms with Crippen LogP contribution >= 0.6 is 11.8 Å². The largest absolute Gasteiger partial charge is 0.388 e. The Balaban J connectivity index is 2.47. The molecule has 1 rings (SSSR count). The van der Waals surface area contributed by atoms with Crippen LogP contribution in [0.25, 0.3) is 0 Å². The van der Waals surface area contributed by atoms with Gasteiger partial charge in [-0.2, -0.15) is 0 Å². The van der Waals surface area contributed by atoms with Crippen LogP contribution in [0.4, 0.5) is 0 Å². The number of hydrogen-bond acceptors (Lipinski definition) is 3. The molecule has 0 bridgehead atoms. The standard InChI is InChI=1S/C11H21NOS/c1-8(2)7-12-11(3,4)10-9(13)5-6-14-10/h5-6,8-10,12-13H,7H2,1-4H3. The van der Waals surface area contributed by atoms with E-state index in [0.717, 1.165) is 6.54 Å². The summed E-state index contributed by atoms with van der Waals surface area (Å²) < 4.78 is 0. The Morgan fingerprint density at radius 2 is 2.14 bits per heavy atom. The summed E-state index contributed by atoms with van der Waals surface area (Å²) in [6.07, 6.45) is 1.56. The smallest absolute Gasteiger partial charge is 0.0868 e. The highest BCUT2D eigenvalue weighted by Crippen LogP contribution is 2.33. The van der Waals surface area contributed by atoms with E-state index in [-0.39, 0.29) is 16.9 Å². The van der Waals surface area contributed by atoms with Crippen LogP contribution in [-0.2, 0) is 0 Å². The molecule has 2 atom stereocenters. The molecule has 82 valence electrons.